The van der Waals surface area contributed by atoms with Gasteiger partial charge in [0, 0.05) is 18.0 Å². The van der Waals surface area contributed by atoms with Crippen LogP contribution in [0.5, 0.6) is 0 Å². The fourth-order valence-corrected chi connectivity index (χ4v) is 2.64. The molecule has 2 N–H and O–H groups in total. The Morgan fingerprint density at radius 1 is 1.44 bits per heavy atom. The number of rotatable bonds is 8. The summed E-state index contributed by atoms with van der Waals surface area (Å²) >= 11 is 1.76. The normalized spacial score (nSPS) is 12.4. The zero-order valence-electron chi connectivity index (χ0n) is 11.6. The minimum atomic E-state index is -0.131. The van der Waals surface area contributed by atoms with E-state index in [0.29, 0.717) is 0 Å². The Morgan fingerprint density at radius 2 is 2.22 bits per heavy atom. The lowest BCUT2D eigenvalue weighted by atomic mass is 10.2. The van der Waals surface area contributed by atoms with Gasteiger partial charge in [0.05, 0.1) is 6.04 Å². The van der Waals surface area contributed by atoms with Gasteiger partial charge in [-0.05, 0) is 36.8 Å². The number of amides is 1. The quantitative estimate of drug-likeness (QED) is 0.712. The Balaban J connectivity index is 2.32. The highest BCUT2D eigenvalue weighted by Crippen LogP contribution is 2.16. The molecule has 1 heterocycles. The van der Waals surface area contributed by atoms with Gasteiger partial charge in [0.25, 0.3) is 0 Å². The molecule has 1 rings (SSSR count). The largest absolute Gasteiger partial charge is 0.355 e. The maximum Gasteiger partial charge on any atom is 0.236 e. The molecule has 3 nitrogen and oxygen atoms in total. The van der Waals surface area contributed by atoms with Crippen LogP contribution in [0.3, 0.4) is 0 Å². The van der Waals surface area contributed by atoms with Crippen molar-refractivity contribution in [2.24, 2.45) is 0 Å². The van der Waals surface area contributed by atoms with E-state index >= 15 is 0 Å². The molecule has 0 fully saturated rings. The summed E-state index contributed by atoms with van der Waals surface area (Å²) in [5, 5.41) is 8.34. The Hall–Kier alpha value is -0.870. The molecule has 4 heteroatoms. The van der Waals surface area contributed by atoms with Crippen LogP contribution in [0.15, 0.2) is 11.4 Å². The molecule has 0 bridgehead atoms. The number of aryl methyl sites for hydroxylation is 1. The standard InChI is InChI=1S/C14H24N2OS/c1-4-6-8-15-14(17)11(3)16-10-13-12(5-2)7-9-18-13/h7,9,11,16H,4-6,8,10H2,1-3H3,(H,15,17). The van der Waals surface area contributed by atoms with Crippen LogP contribution in [0.4, 0.5) is 0 Å². The van der Waals surface area contributed by atoms with Crippen molar-refractivity contribution in [3.05, 3.63) is 21.9 Å². The fourth-order valence-electron chi connectivity index (χ4n) is 1.72. The Kier molecular flexibility index (Phi) is 6.98. The first-order chi connectivity index (χ1) is 8.69. The number of nitrogens with one attached hydrogen (secondary N) is 2. The second-order valence-electron chi connectivity index (χ2n) is 4.47. The molecule has 0 saturated carbocycles. The average molecular weight is 268 g/mol. The van der Waals surface area contributed by atoms with Crippen LogP contribution in [-0.4, -0.2) is 18.5 Å². The van der Waals surface area contributed by atoms with Gasteiger partial charge in [-0.1, -0.05) is 20.3 Å². The summed E-state index contributed by atoms with van der Waals surface area (Å²) < 4.78 is 0. The molecular formula is C14H24N2OS. The van der Waals surface area contributed by atoms with Crippen LogP contribution in [0, 0.1) is 0 Å². The molecule has 102 valence electrons. The van der Waals surface area contributed by atoms with Crippen molar-refractivity contribution in [1.29, 1.82) is 0 Å². The van der Waals surface area contributed by atoms with Crippen LogP contribution in [-0.2, 0) is 17.8 Å². The average Bonchev–Trinajstić information content (AvgIpc) is 2.83. The van der Waals surface area contributed by atoms with Crippen LogP contribution >= 0.6 is 11.3 Å². The molecule has 0 radical (unpaired) electrons. The van der Waals surface area contributed by atoms with Gasteiger partial charge in [0.15, 0.2) is 0 Å². The van der Waals surface area contributed by atoms with E-state index in [2.05, 4.69) is 35.9 Å². The van der Waals surface area contributed by atoms with Crippen molar-refractivity contribution < 1.29 is 4.79 Å². The van der Waals surface area contributed by atoms with Crippen molar-refractivity contribution in [2.45, 2.75) is 52.6 Å². The molecule has 1 amide bonds. The second kappa shape index (κ2) is 8.27. The lowest BCUT2D eigenvalue weighted by molar-refractivity contribution is -0.122. The fraction of sp³-hybridized carbons (Fsp3) is 0.643. The number of thiophene rings is 1. The van der Waals surface area contributed by atoms with Gasteiger partial charge in [-0.15, -0.1) is 11.3 Å². The van der Waals surface area contributed by atoms with E-state index in [0.717, 1.165) is 32.4 Å². The smallest absolute Gasteiger partial charge is 0.236 e. The number of hydrogen-bond donors (Lipinski definition) is 2. The van der Waals surface area contributed by atoms with Gasteiger partial charge in [0.2, 0.25) is 5.91 Å². The predicted octanol–water partition coefficient (Wildman–Crippen LogP) is 2.70. The van der Waals surface area contributed by atoms with E-state index < -0.39 is 0 Å². The van der Waals surface area contributed by atoms with E-state index in [1.54, 1.807) is 11.3 Å². The topological polar surface area (TPSA) is 41.1 Å². The van der Waals surface area contributed by atoms with Crippen molar-refractivity contribution in [1.82, 2.24) is 10.6 Å². The van der Waals surface area contributed by atoms with Crippen molar-refractivity contribution in [2.75, 3.05) is 6.54 Å². The maximum atomic E-state index is 11.8. The molecule has 1 atom stereocenters. The van der Waals surface area contributed by atoms with Gasteiger partial charge < -0.3 is 10.6 Å². The Bertz CT molecular complexity index is 362. The van der Waals surface area contributed by atoms with Crippen LogP contribution in [0.2, 0.25) is 0 Å². The van der Waals surface area contributed by atoms with E-state index in [-0.39, 0.29) is 11.9 Å². The lowest BCUT2D eigenvalue weighted by Gasteiger charge is -2.14. The minimum Gasteiger partial charge on any atom is -0.355 e. The highest BCUT2D eigenvalue weighted by atomic mass is 32.1. The first kappa shape index (κ1) is 15.2. The third-order valence-electron chi connectivity index (χ3n) is 3.01. The van der Waals surface area contributed by atoms with E-state index in [1.165, 1.54) is 10.4 Å². The minimum absolute atomic E-state index is 0.0954. The molecule has 1 aromatic rings. The monoisotopic (exact) mass is 268 g/mol. The van der Waals surface area contributed by atoms with Crippen molar-refractivity contribution in [3.63, 3.8) is 0 Å². The zero-order valence-corrected chi connectivity index (χ0v) is 12.4. The first-order valence-corrected chi connectivity index (χ1v) is 7.63. The highest BCUT2D eigenvalue weighted by molar-refractivity contribution is 7.10. The van der Waals surface area contributed by atoms with E-state index in [9.17, 15) is 4.79 Å². The third kappa shape index (κ3) is 4.78. The van der Waals surface area contributed by atoms with Crippen LogP contribution in [0.1, 0.15) is 44.1 Å². The van der Waals surface area contributed by atoms with E-state index in [1.807, 2.05) is 6.92 Å². The number of carbonyl (C=O) groups is 1. The molecule has 1 unspecified atom stereocenters. The third-order valence-corrected chi connectivity index (χ3v) is 3.97. The molecule has 18 heavy (non-hydrogen) atoms. The summed E-state index contributed by atoms with van der Waals surface area (Å²) in [6, 6.07) is 2.03. The number of unbranched alkanes of at least 4 members (excludes halogenated alkanes) is 1. The van der Waals surface area contributed by atoms with Crippen LogP contribution in [0.25, 0.3) is 0 Å². The summed E-state index contributed by atoms with van der Waals surface area (Å²) in [4.78, 5) is 13.1. The zero-order chi connectivity index (χ0) is 13.4. The molecule has 0 spiro atoms. The molecule has 0 aromatic carbocycles. The predicted molar refractivity (Wildman–Crippen MR) is 77.9 cm³/mol. The first-order valence-electron chi connectivity index (χ1n) is 6.75. The Morgan fingerprint density at radius 3 is 2.89 bits per heavy atom. The Labute approximate surface area is 114 Å². The molecule has 0 saturated heterocycles. The van der Waals surface area contributed by atoms with Gasteiger partial charge in [-0.2, -0.15) is 0 Å². The van der Waals surface area contributed by atoms with Gasteiger partial charge >= 0.3 is 0 Å². The van der Waals surface area contributed by atoms with E-state index in [4.69, 9.17) is 0 Å². The molecule has 1 aromatic heterocycles. The summed E-state index contributed by atoms with van der Waals surface area (Å²) in [6.45, 7) is 7.76. The molecule has 0 aliphatic rings. The van der Waals surface area contributed by atoms with Gasteiger partial charge in [-0.3, -0.25) is 4.79 Å². The molecular weight excluding hydrogens is 244 g/mol. The van der Waals surface area contributed by atoms with Crippen LogP contribution < -0.4 is 10.6 Å². The summed E-state index contributed by atoms with van der Waals surface area (Å²) in [5.74, 6) is 0.0954. The van der Waals surface area contributed by atoms with Crippen molar-refractivity contribution in [3.8, 4) is 0 Å². The summed E-state index contributed by atoms with van der Waals surface area (Å²) in [5.41, 5.74) is 1.38. The van der Waals surface area contributed by atoms with Crippen molar-refractivity contribution >= 4 is 17.2 Å². The number of hydrogen-bond acceptors (Lipinski definition) is 3. The summed E-state index contributed by atoms with van der Waals surface area (Å²) in [6.07, 6.45) is 3.21. The van der Waals surface area contributed by atoms with Gasteiger partial charge in [-0.25, -0.2) is 0 Å². The number of carbonyl (C=O) groups excluding carboxylic acids is 1. The second-order valence-corrected chi connectivity index (χ2v) is 5.47. The summed E-state index contributed by atoms with van der Waals surface area (Å²) in [7, 11) is 0. The maximum absolute atomic E-state index is 11.8. The molecule has 0 aliphatic heterocycles. The molecule has 0 aliphatic carbocycles. The lowest BCUT2D eigenvalue weighted by Crippen LogP contribution is -2.42. The highest BCUT2D eigenvalue weighted by Gasteiger charge is 2.12. The van der Waals surface area contributed by atoms with Gasteiger partial charge in [0.1, 0.15) is 0 Å². The SMILES string of the molecule is CCCCNC(=O)C(C)NCc1sccc1CC.